The second kappa shape index (κ2) is 4.68. The summed E-state index contributed by atoms with van der Waals surface area (Å²) in [5, 5.41) is 0. The molecule has 0 atom stereocenters. The Kier molecular flexibility index (Phi) is 3.35. The Morgan fingerprint density at radius 3 is 1.95 bits per heavy atom. The summed E-state index contributed by atoms with van der Waals surface area (Å²) in [7, 11) is 0. The van der Waals surface area contributed by atoms with E-state index in [1.165, 1.54) is 12.1 Å². The third-order valence-corrected chi connectivity index (χ3v) is 3.03. The molecule has 0 aliphatic heterocycles. The largest absolute Gasteiger partial charge is 0.422 e. The molecule has 1 aromatic heterocycles. The van der Waals surface area contributed by atoms with Crippen molar-refractivity contribution in [1.29, 1.82) is 0 Å². The summed E-state index contributed by atoms with van der Waals surface area (Å²) in [5.74, 6) is 0. The number of halogens is 3. The fourth-order valence-electron chi connectivity index (χ4n) is 2.40. The van der Waals surface area contributed by atoms with Gasteiger partial charge >= 0.3 is 6.18 Å². The van der Waals surface area contributed by atoms with E-state index < -0.39 is 11.7 Å². The van der Waals surface area contributed by atoms with Gasteiger partial charge in [0.05, 0.1) is 0 Å². The molecule has 0 saturated carbocycles. The summed E-state index contributed by atoms with van der Waals surface area (Å²) in [4.78, 5) is 0. The van der Waals surface area contributed by atoms with Crippen LogP contribution in [0.3, 0.4) is 0 Å². The molecule has 1 nitrogen and oxygen atoms in total. The van der Waals surface area contributed by atoms with E-state index in [9.17, 15) is 13.2 Å². The summed E-state index contributed by atoms with van der Waals surface area (Å²) >= 11 is 0. The van der Waals surface area contributed by atoms with Crippen molar-refractivity contribution in [3.63, 3.8) is 0 Å². The minimum atomic E-state index is -4.35. The van der Waals surface area contributed by atoms with Crippen molar-refractivity contribution >= 4 is 0 Å². The predicted molar refractivity (Wildman–Crippen MR) is 67.2 cm³/mol. The fourth-order valence-corrected chi connectivity index (χ4v) is 2.40. The summed E-state index contributed by atoms with van der Waals surface area (Å²) < 4.78 is 40.8. The minimum Gasteiger partial charge on any atom is -0.166 e. The number of hydrogen-bond donors (Lipinski definition) is 0. The number of benzene rings is 1. The van der Waals surface area contributed by atoms with Gasteiger partial charge in [0.2, 0.25) is 5.69 Å². The van der Waals surface area contributed by atoms with Crippen molar-refractivity contribution in [2.45, 2.75) is 26.9 Å². The lowest BCUT2D eigenvalue weighted by Crippen LogP contribution is -2.39. The molecule has 0 bridgehead atoms. The van der Waals surface area contributed by atoms with E-state index in [1.54, 1.807) is 10.6 Å². The number of aromatic nitrogens is 1. The Morgan fingerprint density at radius 2 is 1.42 bits per heavy atom. The first-order valence-electron chi connectivity index (χ1n) is 5.97. The standard InChI is InChI=1S/C15H15F3N/c1-10-8-11(2)19(12(3)9-10)14-7-5-4-6-13(14)15(16,17)18/h4-9H,1-3H3/q+1. The highest BCUT2D eigenvalue weighted by Crippen LogP contribution is 2.32. The topological polar surface area (TPSA) is 3.88 Å². The maximum absolute atomic E-state index is 13.1. The molecular weight excluding hydrogens is 251 g/mol. The normalized spacial score (nSPS) is 11.7. The van der Waals surface area contributed by atoms with Crippen molar-refractivity contribution in [2.24, 2.45) is 0 Å². The van der Waals surface area contributed by atoms with E-state index in [1.807, 2.05) is 32.9 Å². The van der Waals surface area contributed by atoms with Gasteiger partial charge in [-0.25, -0.2) is 0 Å². The Balaban J connectivity index is 2.74. The molecular formula is C15H15F3N+. The van der Waals surface area contributed by atoms with E-state index >= 15 is 0 Å². The molecule has 19 heavy (non-hydrogen) atoms. The Hall–Kier alpha value is -1.84. The van der Waals surface area contributed by atoms with Gasteiger partial charge in [-0.1, -0.05) is 12.1 Å². The van der Waals surface area contributed by atoms with E-state index in [4.69, 9.17) is 0 Å². The number of alkyl halides is 3. The first kappa shape index (κ1) is 13.6. The lowest BCUT2D eigenvalue weighted by molar-refractivity contribution is -0.611. The number of nitrogens with zero attached hydrogens (tertiary/aromatic N) is 1. The first-order valence-corrected chi connectivity index (χ1v) is 5.97. The predicted octanol–water partition coefficient (Wildman–Crippen LogP) is 3.91. The monoisotopic (exact) mass is 266 g/mol. The van der Waals surface area contributed by atoms with Crippen molar-refractivity contribution < 1.29 is 17.7 Å². The van der Waals surface area contributed by atoms with Gasteiger partial charge in [0.15, 0.2) is 11.4 Å². The minimum absolute atomic E-state index is 0.171. The molecule has 4 heteroatoms. The molecule has 1 heterocycles. The smallest absolute Gasteiger partial charge is 0.166 e. The quantitative estimate of drug-likeness (QED) is 0.689. The second-order valence-electron chi connectivity index (χ2n) is 4.67. The number of pyridine rings is 1. The molecule has 100 valence electrons. The van der Waals surface area contributed by atoms with Gasteiger partial charge in [0.1, 0.15) is 5.56 Å². The molecule has 0 aliphatic carbocycles. The SMILES string of the molecule is Cc1cc(C)[n+](-c2ccccc2C(F)(F)F)c(C)c1. The van der Waals surface area contributed by atoms with Crippen LogP contribution >= 0.6 is 0 Å². The van der Waals surface area contributed by atoms with E-state index in [0.717, 1.165) is 23.0 Å². The molecule has 0 aliphatic rings. The Bertz CT molecular complexity index is 592. The number of aryl methyl sites for hydroxylation is 3. The lowest BCUT2D eigenvalue weighted by Gasteiger charge is -2.11. The fraction of sp³-hybridized carbons (Fsp3) is 0.267. The van der Waals surface area contributed by atoms with Gasteiger partial charge in [-0.15, -0.1) is 0 Å². The summed E-state index contributed by atoms with van der Waals surface area (Å²) in [6.07, 6.45) is -4.35. The van der Waals surface area contributed by atoms with Gasteiger partial charge in [-0.2, -0.15) is 17.7 Å². The first-order chi connectivity index (χ1) is 8.80. The molecule has 2 aromatic rings. The van der Waals surface area contributed by atoms with Gasteiger partial charge < -0.3 is 0 Å². The molecule has 0 unspecified atom stereocenters. The summed E-state index contributed by atoms with van der Waals surface area (Å²) in [6.45, 7) is 5.56. The average Bonchev–Trinajstić information content (AvgIpc) is 2.26. The van der Waals surface area contributed by atoms with E-state index in [0.29, 0.717) is 0 Å². The molecule has 0 spiro atoms. The van der Waals surface area contributed by atoms with Crippen LogP contribution in [0.4, 0.5) is 13.2 Å². The van der Waals surface area contributed by atoms with Crippen LogP contribution in [-0.4, -0.2) is 0 Å². The summed E-state index contributed by atoms with van der Waals surface area (Å²) in [6, 6.07) is 9.39. The highest BCUT2D eigenvalue weighted by molar-refractivity contribution is 5.37. The van der Waals surface area contributed by atoms with Crippen LogP contribution in [0.25, 0.3) is 5.69 Å². The van der Waals surface area contributed by atoms with E-state index in [2.05, 4.69) is 0 Å². The number of para-hydroxylation sites is 1. The Morgan fingerprint density at radius 1 is 0.895 bits per heavy atom. The maximum atomic E-state index is 13.1. The lowest BCUT2D eigenvalue weighted by atomic mass is 10.1. The molecule has 0 amide bonds. The molecule has 0 radical (unpaired) electrons. The van der Waals surface area contributed by atoms with Crippen molar-refractivity contribution in [3.8, 4) is 5.69 Å². The maximum Gasteiger partial charge on any atom is 0.422 e. The average molecular weight is 266 g/mol. The molecule has 0 fully saturated rings. The number of rotatable bonds is 1. The zero-order chi connectivity index (χ0) is 14.2. The van der Waals surface area contributed by atoms with Crippen molar-refractivity contribution in [1.82, 2.24) is 0 Å². The van der Waals surface area contributed by atoms with Gasteiger partial charge in [-0.3, -0.25) is 0 Å². The Labute approximate surface area is 110 Å². The highest BCUT2D eigenvalue weighted by atomic mass is 19.4. The third kappa shape index (κ3) is 2.62. The number of hydrogen-bond acceptors (Lipinski definition) is 0. The summed E-state index contributed by atoms with van der Waals surface area (Å²) in [5.41, 5.74) is 2.17. The van der Waals surface area contributed by atoms with Gasteiger partial charge in [-0.05, 0) is 18.6 Å². The van der Waals surface area contributed by atoms with Crippen LogP contribution in [0, 0.1) is 20.8 Å². The zero-order valence-corrected chi connectivity index (χ0v) is 11.0. The second-order valence-corrected chi connectivity index (χ2v) is 4.67. The van der Waals surface area contributed by atoms with Crippen LogP contribution in [0.1, 0.15) is 22.5 Å². The van der Waals surface area contributed by atoms with E-state index in [-0.39, 0.29) is 5.69 Å². The molecule has 1 aromatic carbocycles. The highest BCUT2D eigenvalue weighted by Gasteiger charge is 2.37. The molecule has 0 N–H and O–H groups in total. The van der Waals surface area contributed by atoms with Crippen molar-refractivity contribution in [2.75, 3.05) is 0 Å². The zero-order valence-electron chi connectivity index (χ0n) is 11.0. The van der Waals surface area contributed by atoms with Crippen LogP contribution in [0.2, 0.25) is 0 Å². The molecule has 2 rings (SSSR count). The molecule has 0 saturated heterocycles. The van der Waals surface area contributed by atoms with Crippen molar-refractivity contribution in [3.05, 3.63) is 58.9 Å². The van der Waals surface area contributed by atoms with Crippen LogP contribution in [-0.2, 0) is 6.18 Å². The van der Waals surface area contributed by atoms with Crippen LogP contribution in [0.15, 0.2) is 36.4 Å². The van der Waals surface area contributed by atoms with Gasteiger partial charge in [0, 0.05) is 32.0 Å². The van der Waals surface area contributed by atoms with Crippen LogP contribution < -0.4 is 4.57 Å². The third-order valence-electron chi connectivity index (χ3n) is 3.03. The van der Waals surface area contributed by atoms with Gasteiger partial charge in [0.25, 0.3) is 0 Å². The van der Waals surface area contributed by atoms with Crippen LogP contribution in [0.5, 0.6) is 0 Å².